The molecule has 29 heavy (non-hydrogen) atoms. The summed E-state index contributed by atoms with van der Waals surface area (Å²) in [7, 11) is 1.65. The number of benzene rings is 1. The number of ether oxygens (including phenoxy) is 1. The van der Waals surface area contributed by atoms with Gasteiger partial charge in [-0.05, 0) is 43.4 Å². The highest BCUT2D eigenvalue weighted by Crippen LogP contribution is 2.32. The predicted molar refractivity (Wildman–Crippen MR) is 127 cm³/mol. The molecule has 0 aliphatic carbocycles. The van der Waals surface area contributed by atoms with E-state index in [1.807, 2.05) is 35.2 Å². The van der Waals surface area contributed by atoms with E-state index in [-0.39, 0.29) is 18.3 Å². The zero-order chi connectivity index (χ0) is 20.1. The van der Waals surface area contributed by atoms with Crippen LogP contribution in [0, 0.1) is 0 Å². The summed E-state index contributed by atoms with van der Waals surface area (Å²) in [6.07, 6.45) is 0.328. The highest BCUT2D eigenvalue weighted by atomic mass is 35.5. The number of nitrogens with zero attached hydrogens (tertiary/aromatic N) is 3. The first-order chi connectivity index (χ1) is 13.5. The van der Waals surface area contributed by atoms with E-state index in [1.54, 1.807) is 7.11 Å². The van der Waals surface area contributed by atoms with Crippen molar-refractivity contribution in [1.29, 1.82) is 0 Å². The van der Waals surface area contributed by atoms with Crippen molar-refractivity contribution in [2.24, 2.45) is 0 Å². The topological polar surface area (TPSA) is 45.7 Å². The van der Waals surface area contributed by atoms with Crippen molar-refractivity contribution < 1.29 is 9.53 Å². The zero-order valence-electron chi connectivity index (χ0n) is 16.7. The van der Waals surface area contributed by atoms with Crippen LogP contribution in [0.3, 0.4) is 0 Å². The quantitative estimate of drug-likeness (QED) is 0.419. The van der Waals surface area contributed by atoms with Gasteiger partial charge in [0.15, 0.2) is 5.13 Å². The highest BCUT2D eigenvalue weighted by Gasteiger charge is 2.21. The molecule has 0 bridgehead atoms. The van der Waals surface area contributed by atoms with Crippen LogP contribution in [-0.4, -0.2) is 49.1 Å². The van der Waals surface area contributed by atoms with Crippen molar-refractivity contribution in [3.05, 3.63) is 39.5 Å². The third kappa shape index (κ3) is 6.06. The molecule has 1 aromatic carbocycles. The van der Waals surface area contributed by atoms with Crippen LogP contribution in [0.1, 0.15) is 18.7 Å². The Hall–Kier alpha value is -1.38. The van der Waals surface area contributed by atoms with Gasteiger partial charge in [0, 0.05) is 18.0 Å². The maximum atomic E-state index is 13.1. The number of methoxy groups -OCH3 is 1. The summed E-state index contributed by atoms with van der Waals surface area (Å²) >= 11 is 8.99. The Morgan fingerprint density at radius 3 is 2.52 bits per heavy atom. The Balaban J connectivity index is 0.00000300. The summed E-state index contributed by atoms with van der Waals surface area (Å²) in [4.78, 5) is 22.9. The summed E-state index contributed by atoms with van der Waals surface area (Å²) in [5.41, 5.74) is 0.876. The number of anilines is 1. The minimum atomic E-state index is 0. The van der Waals surface area contributed by atoms with Crippen LogP contribution in [-0.2, 0) is 11.2 Å². The molecule has 5 nitrogen and oxygen atoms in total. The van der Waals surface area contributed by atoms with Crippen molar-refractivity contribution in [3.63, 3.8) is 0 Å². The van der Waals surface area contributed by atoms with Crippen molar-refractivity contribution in [3.8, 4) is 5.75 Å². The highest BCUT2D eigenvalue weighted by molar-refractivity contribution is 7.22. The predicted octanol–water partition coefficient (Wildman–Crippen LogP) is 5.36. The monoisotopic (exact) mass is 473 g/mol. The van der Waals surface area contributed by atoms with E-state index in [9.17, 15) is 4.79 Å². The number of likely N-dealkylation sites (N-methyl/N-ethyl adjacent to an activating group) is 1. The Morgan fingerprint density at radius 1 is 1.14 bits per heavy atom. The molecule has 0 saturated carbocycles. The maximum absolute atomic E-state index is 13.1. The molecular formula is C20H25Cl2N3O2S2. The van der Waals surface area contributed by atoms with E-state index in [2.05, 4.69) is 18.7 Å². The van der Waals surface area contributed by atoms with Gasteiger partial charge in [0.2, 0.25) is 5.91 Å². The smallest absolute Gasteiger partial charge is 0.234 e. The lowest BCUT2D eigenvalue weighted by molar-refractivity contribution is -0.118. The van der Waals surface area contributed by atoms with Crippen molar-refractivity contribution >= 4 is 67.9 Å². The summed E-state index contributed by atoms with van der Waals surface area (Å²) < 4.78 is 7.02. The minimum absolute atomic E-state index is 0. The number of carbonyl (C=O) groups is 1. The molecule has 0 fully saturated rings. The number of thiazole rings is 1. The van der Waals surface area contributed by atoms with Crippen LogP contribution in [0.4, 0.5) is 5.13 Å². The van der Waals surface area contributed by atoms with Crippen LogP contribution >= 0.6 is 46.7 Å². The normalized spacial score (nSPS) is 10.9. The van der Waals surface area contributed by atoms with E-state index in [0.29, 0.717) is 17.3 Å². The van der Waals surface area contributed by atoms with Gasteiger partial charge in [-0.3, -0.25) is 9.69 Å². The second-order valence-electron chi connectivity index (χ2n) is 6.28. The fourth-order valence-electron chi connectivity index (χ4n) is 2.93. The second kappa shape index (κ2) is 11.1. The SMILES string of the molecule is CCN(CC)CCN(C(=O)Cc1ccc(Cl)s1)c1nc2ccc(OC)cc2s1.Cl. The van der Waals surface area contributed by atoms with E-state index in [4.69, 9.17) is 21.3 Å². The zero-order valence-corrected chi connectivity index (χ0v) is 19.9. The van der Waals surface area contributed by atoms with Gasteiger partial charge < -0.3 is 9.64 Å². The molecule has 0 unspecified atom stereocenters. The molecule has 0 radical (unpaired) electrons. The van der Waals surface area contributed by atoms with Gasteiger partial charge in [-0.2, -0.15) is 0 Å². The Kier molecular flexibility index (Phi) is 9.17. The Morgan fingerprint density at radius 2 is 1.90 bits per heavy atom. The molecule has 9 heteroatoms. The van der Waals surface area contributed by atoms with Gasteiger partial charge in [-0.1, -0.05) is 36.8 Å². The Bertz CT molecular complexity index is 941. The average Bonchev–Trinajstić information content (AvgIpc) is 3.30. The number of hydrogen-bond donors (Lipinski definition) is 0. The molecule has 0 aliphatic rings. The van der Waals surface area contributed by atoms with Crippen molar-refractivity contribution in [2.45, 2.75) is 20.3 Å². The fraction of sp³-hybridized carbons (Fsp3) is 0.400. The minimum Gasteiger partial charge on any atom is -0.497 e. The van der Waals surface area contributed by atoms with Crippen LogP contribution in [0.2, 0.25) is 4.34 Å². The molecule has 2 heterocycles. The van der Waals surface area contributed by atoms with E-state index in [1.165, 1.54) is 22.7 Å². The lowest BCUT2D eigenvalue weighted by Gasteiger charge is -2.24. The third-order valence-corrected chi connectivity index (χ3v) is 6.88. The number of fused-ring (bicyclic) bond motifs is 1. The van der Waals surface area contributed by atoms with E-state index >= 15 is 0 Å². The van der Waals surface area contributed by atoms with Crippen LogP contribution in [0.5, 0.6) is 5.75 Å². The molecule has 3 aromatic rings. The number of aromatic nitrogens is 1. The first-order valence-corrected chi connectivity index (χ1v) is 11.3. The van der Waals surface area contributed by atoms with Crippen LogP contribution < -0.4 is 9.64 Å². The van der Waals surface area contributed by atoms with Crippen molar-refractivity contribution in [2.75, 3.05) is 38.2 Å². The van der Waals surface area contributed by atoms with Gasteiger partial charge in [0.05, 0.1) is 28.1 Å². The molecular weight excluding hydrogens is 449 g/mol. The summed E-state index contributed by atoms with van der Waals surface area (Å²) in [5.74, 6) is 0.827. The number of carbonyl (C=O) groups excluding carboxylic acids is 1. The van der Waals surface area contributed by atoms with Crippen LogP contribution in [0.25, 0.3) is 10.2 Å². The van der Waals surface area contributed by atoms with Crippen molar-refractivity contribution in [1.82, 2.24) is 9.88 Å². The van der Waals surface area contributed by atoms with Gasteiger partial charge in [0.1, 0.15) is 5.75 Å². The lowest BCUT2D eigenvalue weighted by atomic mass is 10.3. The van der Waals surface area contributed by atoms with Gasteiger partial charge in [-0.25, -0.2) is 4.98 Å². The van der Waals surface area contributed by atoms with Crippen LogP contribution in [0.15, 0.2) is 30.3 Å². The number of halogens is 2. The summed E-state index contributed by atoms with van der Waals surface area (Å²) in [5, 5.41) is 0.725. The average molecular weight is 474 g/mol. The third-order valence-electron chi connectivity index (χ3n) is 4.60. The fourth-order valence-corrected chi connectivity index (χ4v) is 5.05. The van der Waals surface area contributed by atoms with Gasteiger partial charge >= 0.3 is 0 Å². The van der Waals surface area contributed by atoms with Gasteiger partial charge in [0.25, 0.3) is 0 Å². The molecule has 1 amide bonds. The Labute approximate surface area is 190 Å². The largest absolute Gasteiger partial charge is 0.497 e. The molecule has 3 rings (SSSR count). The molecule has 158 valence electrons. The first-order valence-electron chi connectivity index (χ1n) is 9.25. The van der Waals surface area contributed by atoms with E-state index in [0.717, 1.165) is 45.6 Å². The number of thiophene rings is 1. The number of amides is 1. The molecule has 2 aromatic heterocycles. The number of rotatable bonds is 9. The molecule has 0 spiro atoms. The summed E-state index contributed by atoms with van der Waals surface area (Å²) in [6, 6.07) is 9.53. The standard InChI is InChI=1S/C20H24ClN3O2S2.ClH/c1-4-23(5-2)10-11-24(19(25)13-15-7-9-18(21)27-15)20-22-16-8-6-14(26-3)12-17(16)28-20;/h6-9,12H,4-5,10-11,13H2,1-3H3;1H. The van der Waals surface area contributed by atoms with E-state index < -0.39 is 0 Å². The summed E-state index contributed by atoms with van der Waals surface area (Å²) in [6.45, 7) is 7.59. The lowest BCUT2D eigenvalue weighted by Crippen LogP contribution is -2.39. The van der Waals surface area contributed by atoms with Gasteiger partial charge in [-0.15, -0.1) is 23.7 Å². The first kappa shape index (κ1) is 23.9. The maximum Gasteiger partial charge on any atom is 0.234 e. The molecule has 0 N–H and O–H groups in total. The molecule has 0 atom stereocenters. The molecule has 0 saturated heterocycles. The molecule has 0 aliphatic heterocycles. The number of hydrogen-bond acceptors (Lipinski definition) is 6. The second-order valence-corrected chi connectivity index (χ2v) is 9.09.